The zero-order chi connectivity index (χ0) is 17.6. The number of halogens is 3. The van der Waals surface area contributed by atoms with Crippen LogP contribution in [0.3, 0.4) is 0 Å². The summed E-state index contributed by atoms with van der Waals surface area (Å²) in [6.07, 6.45) is -4.36. The smallest absolute Gasteiger partial charge is 0.166 e. The van der Waals surface area contributed by atoms with E-state index in [1.54, 1.807) is 6.07 Å². The first-order valence-electron chi connectivity index (χ1n) is 8.03. The van der Waals surface area contributed by atoms with Crippen LogP contribution in [0, 0.1) is 6.92 Å². The summed E-state index contributed by atoms with van der Waals surface area (Å²) in [5.41, 5.74) is 2.19. The van der Waals surface area contributed by atoms with Gasteiger partial charge in [0.05, 0.1) is 5.56 Å². The van der Waals surface area contributed by atoms with E-state index in [-0.39, 0.29) is 0 Å². The molecule has 0 heterocycles. The van der Waals surface area contributed by atoms with Gasteiger partial charge in [-0.15, -0.1) is 0 Å². The third-order valence-electron chi connectivity index (χ3n) is 4.52. The second-order valence-electron chi connectivity index (χ2n) is 6.27. The highest BCUT2D eigenvalue weighted by molar-refractivity contribution is 6.14. The Morgan fingerprint density at radius 3 is 2.16 bits per heavy atom. The Balaban J connectivity index is 2.15. The van der Waals surface area contributed by atoms with Crippen molar-refractivity contribution in [2.45, 2.75) is 13.1 Å². The maximum absolute atomic E-state index is 13.2. The van der Waals surface area contributed by atoms with Gasteiger partial charge in [0.25, 0.3) is 0 Å². The van der Waals surface area contributed by atoms with Crippen LogP contribution in [0.5, 0.6) is 0 Å². The maximum atomic E-state index is 13.2. The van der Waals surface area contributed by atoms with Crippen molar-refractivity contribution in [2.24, 2.45) is 0 Å². The molecule has 4 rings (SSSR count). The molecule has 0 saturated heterocycles. The molecule has 0 fully saturated rings. The first-order valence-corrected chi connectivity index (χ1v) is 8.03. The van der Waals surface area contributed by atoms with Crippen LogP contribution in [0.4, 0.5) is 13.2 Å². The Kier molecular flexibility index (Phi) is 3.53. The first kappa shape index (κ1) is 15.7. The molecule has 0 saturated carbocycles. The molecule has 0 atom stereocenters. The van der Waals surface area contributed by atoms with Crippen molar-refractivity contribution in [1.29, 1.82) is 0 Å². The van der Waals surface area contributed by atoms with E-state index in [1.165, 1.54) is 12.1 Å². The lowest BCUT2D eigenvalue weighted by Crippen LogP contribution is -2.04. The van der Waals surface area contributed by atoms with E-state index in [2.05, 4.69) is 0 Å². The quantitative estimate of drug-likeness (QED) is 0.329. The second kappa shape index (κ2) is 5.62. The Bertz CT molecular complexity index is 1080. The molecule has 0 N–H and O–H groups in total. The molecule has 0 amide bonds. The average molecular weight is 336 g/mol. The van der Waals surface area contributed by atoms with Gasteiger partial charge in [-0.1, -0.05) is 60.2 Å². The predicted octanol–water partition coefficient (Wildman–Crippen LogP) is 6.99. The van der Waals surface area contributed by atoms with Gasteiger partial charge in [0, 0.05) is 0 Å². The van der Waals surface area contributed by atoms with Crippen molar-refractivity contribution < 1.29 is 13.2 Å². The van der Waals surface area contributed by atoms with Crippen molar-refractivity contribution in [3.8, 4) is 11.1 Å². The molecular weight excluding hydrogens is 321 g/mol. The molecule has 0 aliphatic rings. The summed E-state index contributed by atoms with van der Waals surface area (Å²) < 4.78 is 39.7. The van der Waals surface area contributed by atoms with Crippen molar-refractivity contribution in [2.75, 3.05) is 0 Å². The highest BCUT2D eigenvalue weighted by Crippen LogP contribution is 2.39. The van der Waals surface area contributed by atoms with Crippen LogP contribution in [-0.4, -0.2) is 0 Å². The highest BCUT2D eigenvalue weighted by Gasteiger charge is 2.30. The van der Waals surface area contributed by atoms with Gasteiger partial charge in [-0.3, -0.25) is 0 Å². The molecule has 0 aliphatic carbocycles. The minimum Gasteiger partial charge on any atom is -0.166 e. The molecule has 0 spiro atoms. The second-order valence-corrected chi connectivity index (χ2v) is 6.27. The minimum absolute atomic E-state index is 0.621. The third-order valence-corrected chi connectivity index (χ3v) is 4.52. The van der Waals surface area contributed by atoms with Crippen molar-refractivity contribution in [1.82, 2.24) is 0 Å². The average Bonchev–Trinajstić information content (AvgIpc) is 2.60. The van der Waals surface area contributed by atoms with E-state index in [9.17, 15) is 13.2 Å². The molecule has 3 heteroatoms. The number of rotatable bonds is 1. The summed E-state index contributed by atoms with van der Waals surface area (Å²) in [6.45, 7) is 1.99. The number of alkyl halides is 3. The van der Waals surface area contributed by atoms with Crippen molar-refractivity contribution >= 4 is 21.5 Å². The van der Waals surface area contributed by atoms with Gasteiger partial charge < -0.3 is 0 Å². The zero-order valence-corrected chi connectivity index (χ0v) is 13.6. The standard InChI is InChI=1S/C22H15F3/c1-14-7-8-16-12-20(15-5-3-2-4-6-15)21-13-17(22(23,24)25)9-10-18(21)19(16)11-14/h2-13H,1H3. The molecule has 0 nitrogen and oxygen atoms in total. The van der Waals surface area contributed by atoms with E-state index in [0.717, 1.165) is 32.8 Å². The lowest BCUT2D eigenvalue weighted by molar-refractivity contribution is -0.137. The zero-order valence-electron chi connectivity index (χ0n) is 13.6. The topological polar surface area (TPSA) is 0 Å². The van der Waals surface area contributed by atoms with Gasteiger partial charge >= 0.3 is 6.18 Å². The summed E-state index contributed by atoms with van der Waals surface area (Å²) in [5, 5.41) is 3.47. The van der Waals surface area contributed by atoms with E-state index in [4.69, 9.17) is 0 Å². The normalized spacial score (nSPS) is 12.0. The summed E-state index contributed by atoms with van der Waals surface area (Å²) >= 11 is 0. The van der Waals surface area contributed by atoms with Gasteiger partial charge in [-0.25, -0.2) is 0 Å². The summed E-state index contributed by atoms with van der Waals surface area (Å²) in [5.74, 6) is 0. The predicted molar refractivity (Wildman–Crippen MR) is 96.6 cm³/mol. The lowest BCUT2D eigenvalue weighted by atomic mass is 9.91. The fourth-order valence-electron chi connectivity index (χ4n) is 3.30. The number of benzene rings is 4. The van der Waals surface area contributed by atoms with Crippen LogP contribution in [0.2, 0.25) is 0 Å². The minimum atomic E-state index is -4.36. The van der Waals surface area contributed by atoms with E-state index >= 15 is 0 Å². The molecule has 0 unspecified atom stereocenters. The molecule has 4 aromatic carbocycles. The Morgan fingerprint density at radius 1 is 0.680 bits per heavy atom. The maximum Gasteiger partial charge on any atom is 0.416 e. The molecular formula is C22H15F3. The molecule has 4 aromatic rings. The molecule has 25 heavy (non-hydrogen) atoms. The molecule has 124 valence electrons. The lowest BCUT2D eigenvalue weighted by Gasteiger charge is -2.14. The fourth-order valence-corrected chi connectivity index (χ4v) is 3.30. The summed E-state index contributed by atoms with van der Waals surface area (Å²) in [6, 6.07) is 21.6. The number of hydrogen-bond acceptors (Lipinski definition) is 0. The van der Waals surface area contributed by atoms with Gasteiger partial charge in [0.1, 0.15) is 0 Å². The fraction of sp³-hybridized carbons (Fsp3) is 0.0909. The number of fused-ring (bicyclic) bond motifs is 3. The molecule has 0 aliphatic heterocycles. The van der Waals surface area contributed by atoms with Gasteiger partial charge in [-0.2, -0.15) is 13.2 Å². The Hall–Kier alpha value is -2.81. The van der Waals surface area contributed by atoms with Crippen molar-refractivity contribution in [3.05, 3.63) is 83.9 Å². The molecule has 0 radical (unpaired) electrons. The Morgan fingerprint density at radius 2 is 1.44 bits per heavy atom. The first-order chi connectivity index (χ1) is 11.9. The van der Waals surface area contributed by atoms with Crippen LogP contribution < -0.4 is 0 Å². The van der Waals surface area contributed by atoms with Gasteiger partial charge in [-0.05, 0) is 57.8 Å². The highest BCUT2D eigenvalue weighted by atomic mass is 19.4. The van der Waals surface area contributed by atoms with Crippen LogP contribution in [0.1, 0.15) is 11.1 Å². The molecule has 0 bridgehead atoms. The van der Waals surface area contributed by atoms with Crippen LogP contribution in [0.25, 0.3) is 32.7 Å². The van der Waals surface area contributed by atoms with Gasteiger partial charge in [0.15, 0.2) is 0 Å². The number of hydrogen-bond donors (Lipinski definition) is 0. The largest absolute Gasteiger partial charge is 0.416 e. The Labute approximate surface area is 143 Å². The van der Waals surface area contributed by atoms with Crippen LogP contribution in [0.15, 0.2) is 72.8 Å². The summed E-state index contributed by atoms with van der Waals surface area (Å²) in [7, 11) is 0. The SMILES string of the molecule is Cc1ccc2cc(-c3ccccc3)c3cc(C(F)(F)F)ccc3c2c1. The van der Waals surface area contributed by atoms with E-state index < -0.39 is 11.7 Å². The monoisotopic (exact) mass is 336 g/mol. The number of aryl methyl sites for hydroxylation is 1. The van der Waals surface area contributed by atoms with Crippen molar-refractivity contribution in [3.63, 3.8) is 0 Å². The van der Waals surface area contributed by atoms with E-state index in [0.29, 0.717) is 5.39 Å². The summed E-state index contributed by atoms with van der Waals surface area (Å²) in [4.78, 5) is 0. The van der Waals surface area contributed by atoms with Crippen LogP contribution in [-0.2, 0) is 6.18 Å². The van der Waals surface area contributed by atoms with Crippen LogP contribution >= 0.6 is 0 Å². The van der Waals surface area contributed by atoms with Gasteiger partial charge in [0.2, 0.25) is 0 Å². The molecule has 0 aromatic heterocycles. The van der Waals surface area contributed by atoms with E-state index in [1.807, 2.05) is 61.5 Å². The third kappa shape index (κ3) is 2.76.